The van der Waals surface area contributed by atoms with E-state index < -0.39 is 0 Å². The van der Waals surface area contributed by atoms with E-state index in [2.05, 4.69) is 17.6 Å². The molecule has 0 aliphatic carbocycles. The standard InChI is InChI=1S/C12H18N2OS/c1-2-12(6-4-7-14-12)11(15)13-9-10-5-3-8-16-10/h3,5,8,14H,2,4,6-7,9H2,1H3,(H,13,15). The predicted molar refractivity (Wildman–Crippen MR) is 66.4 cm³/mol. The summed E-state index contributed by atoms with van der Waals surface area (Å²) >= 11 is 1.68. The van der Waals surface area contributed by atoms with Gasteiger partial charge < -0.3 is 10.6 Å². The molecule has 0 aromatic carbocycles. The summed E-state index contributed by atoms with van der Waals surface area (Å²) in [6, 6.07) is 4.06. The van der Waals surface area contributed by atoms with Crippen molar-refractivity contribution in [3.05, 3.63) is 22.4 Å². The Balaban J connectivity index is 1.91. The fourth-order valence-electron chi connectivity index (χ4n) is 2.21. The first-order valence-corrected chi connectivity index (χ1v) is 6.70. The molecule has 0 spiro atoms. The van der Waals surface area contributed by atoms with Crippen molar-refractivity contribution in [1.29, 1.82) is 0 Å². The maximum Gasteiger partial charge on any atom is 0.240 e. The van der Waals surface area contributed by atoms with Gasteiger partial charge in [-0.2, -0.15) is 0 Å². The quantitative estimate of drug-likeness (QED) is 0.841. The Morgan fingerprint density at radius 2 is 2.56 bits per heavy atom. The van der Waals surface area contributed by atoms with Crippen LogP contribution in [0.25, 0.3) is 0 Å². The van der Waals surface area contributed by atoms with Gasteiger partial charge in [0.15, 0.2) is 0 Å². The Kier molecular flexibility index (Phi) is 3.61. The van der Waals surface area contributed by atoms with Crippen LogP contribution in [0.1, 0.15) is 31.1 Å². The first-order valence-electron chi connectivity index (χ1n) is 5.82. The Morgan fingerprint density at radius 1 is 1.69 bits per heavy atom. The SMILES string of the molecule is CCC1(C(=O)NCc2cccs2)CCCN1. The van der Waals surface area contributed by atoms with Crippen molar-refractivity contribution < 1.29 is 4.79 Å². The minimum Gasteiger partial charge on any atom is -0.350 e. The van der Waals surface area contributed by atoms with Crippen molar-refractivity contribution in [3.63, 3.8) is 0 Å². The normalized spacial score (nSPS) is 24.6. The Morgan fingerprint density at radius 3 is 3.12 bits per heavy atom. The molecule has 1 fully saturated rings. The molecule has 1 aliphatic heterocycles. The topological polar surface area (TPSA) is 41.1 Å². The molecular weight excluding hydrogens is 220 g/mol. The van der Waals surface area contributed by atoms with Gasteiger partial charge in [0.25, 0.3) is 0 Å². The van der Waals surface area contributed by atoms with E-state index in [0.29, 0.717) is 6.54 Å². The molecule has 2 heterocycles. The summed E-state index contributed by atoms with van der Waals surface area (Å²) in [5.74, 6) is 0.154. The summed E-state index contributed by atoms with van der Waals surface area (Å²) in [5.41, 5.74) is -0.308. The molecule has 1 aliphatic rings. The van der Waals surface area contributed by atoms with Gasteiger partial charge in [0.2, 0.25) is 5.91 Å². The number of hydrogen-bond acceptors (Lipinski definition) is 3. The molecule has 3 nitrogen and oxygen atoms in total. The summed E-state index contributed by atoms with van der Waals surface area (Å²) < 4.78 is 0. The van der Waals surface area contributed by atoms with Crippen LogP contribution in [0, 0.1) is 0 Å². The molecule has 2 N–H and O–H groups in total. The van der Waals surface area contributed by atoms with Gasteiger partial charge in [-0.3, -0.25) is 4.79 Å². The summed E-state index contributed by atoms with van der Waals surface area (Å²) in [7, 11) is 0. The van der Waals surface area contributed by atoms with E-state index in [1.54, 1.807) is 11.3 Å². The number of thiophene rings is 1. The van der Waals surface area contributed by atoms with Crippen LogP contribution in [0.2, 0.25) is 0 Å². The van der Waals surface area contributed by atoms with E-state index in [1.807, 2.05) is 17.5 Å². The summed E-state index contributed by atoms with van der Waals surface area (Å²) in [5, 5.41) is 8.40. The number of nitrogens with one attached hydrogen (secondary N) is 2. The molecule has 2 rings (SSSR count). The minimum absolute atomic E-state index is 0.154. The van der Waals surface area contributed by atoms with Gasteiger partial charge in [0.05, 0.1) is 12.1 Å². The smallest absolute Gasteiger partial charge is 0.240 e. The molecule has 16 heavy (non-hydrogen) atoms. The van der Waals surface area contributed by atoms with Crippen LogP contribution in [0.3, 0.4) is 0 Å². The average molecular weight is 238 g/mol. The molecular formula is C12H18N2OS. The molecule has 1 amide bonds. The van der Waals surface area contributed by atoms with Gasteiger partial charge in [0.1, 0.15) is 0 Å². The number of rotatable bonds is 4. The lowest BCUT2D eigenvalue weighted by molar-refractivity contribution is -0.127. The van der Waals surface area contributed by atoms with Crippen LogP contribution in [0.15, 0.2) is 17.5 Å². The first-order chi connectivity index (χ1) is 7.77. The lowest BCUT2D eigenvalue weighted by Gasteiger charge is -2.26. The van der Waals surface area contributed by atoms with Gasteiger partial charge >= 0.3 is 0 Å². The molecule has 0 radical (unpaired) electrons. The van der Waals surface area contributed by atoms with Crippen molar-refractivity contribution in [3.8, 4) is 0 Å². The van der Waals surface area contributed by atoms with Gasteiger partial charge in [-0.05, 0) is 37.3 Å². The minimum atomic E-state index is -0.308. The lowest BCUT2D eigenvalue weighted by Crippen LogP contribution is -2.52. The molecule has 4 heteroatoms. The third-order valence-electron chi connectivity index (χ3n) is 3.29. The molecule has 0 bridgehead atoms. The zero-order valence-electron chi connectivity index (χ0n) is 9.58. The molecule has 1 saturated heterocycles. The Hall–Kier alpha value is -0.870. The van der Waals surface area contributed by atoms with E-state index >= 15 is 0 Å². The van der Waals surface area contributed by atoms with Crippen molar-refractivity contribution >= 4 is 17.2 Å². The molecule has 1 aromatic rings. The van der Waals surface area contributed by atoms with Crippen LogP contribution in [-0.2, 0) is 11.3 Å². The third-order valence-corrected chi connectivity index (χ3v) is 4.16. The van der Waals surface area contributed by atoms with E-state index in [4.69, 9.17) is 0 Å². The van der Waals surface area contributed by atoms with Gasteiger partial charge in [-0.1, -0.05) is 13.0 Å². The first kappa shape index (κ1) is 11.6. The van der Waals surface area contributed by atoms with E-state index in [9.17, 15) is 4.79 Å². The zero-order valence-corrected chi connectivity index (χ0v) is 10.4. The van der Waals surface area contributed by atoms with Crippen molar-refractivity contribution in [2.24, 2.45) is 0 Å². The van der Waals surface area contributed by atoms with Gasteiger partial charge in [-0.15, -0.1) is 11.3 Å². The lowest BCUT2D eigenvalue weighted by atomic mass is 9.93. The second kappa shape index (κ2) is 4.97. The van der Waals surface area contributed by atoms with Crippen LogP contribution in [0.4, 0.5) is 0 Å². The number of hydrogen-bond donors (Lipinski definition) is 2. The maximum atomic E-state index is 12.1. The molecule has 0 saturated carbocycles. The highest BCUT2D eigenvalue weighted by Crippen LogP contribution is 2.23. The van der Waals surface area contributed by atoms with Crippen LogP contribution >= 0.6 is 11.3 Å². The maximum absolute atomic E-state index is 12.1. The van der Waals surface area contributed by atoms with Crippen LogP contribution in [0.5, 0.6) is 0 Å². The average Bonchev–Trinajstić information content (AvgIpc) is 2.97. The number of amides is 1. The highest BCUT2D eigenvalue weighted by molar-refractivity contribution is 7.09. The summed E-state index contributed by atoms with van der Waals surface area (Å²) in [6.07, 6.45) is 2.92. The van der Waals surface area contributed by atoms with Crippen molar-refractivity contribution in [2.75, 3.05) is 6.54 Å². The third kappa shape index (κ3) is 2.28. The second-order valence-corrected chi connectivity index (χ2v) is 5.26. The highest BCUT2D eigenvalue weighted by atomic mass is 32.1. The monoisotopic (exact) mass is 238 g/mol. The Labute approximate surface area is 100 Å². The Bertz CT molecular complexity index is 342. The molecule has 1 aromatic heterocycles. The fraction of sp³-hybridized carbons (Fsp3) is 0.583. The van der Waals surface area contributed by atoms with Crippen LogP contribution < -0.4 is 10.6 Å². The van der Waals surface area contributed by atoms with E-state index in [1.165, 1.54) is 4.88 Å². The largest absolute Gasteiger partial charge is 0.350 e. The van der Waals surface area contributed by atoms with E-state index in [0.717, 1.165) is 25.8 Å². The molecule has 1 unspecified atom stereocenters. The number of carbonyl (C=O) groups excluding carboxylic acids is 1. The van der Waals surface area contributed by atoms with Crippen LogP contribution in [-0.4, -0.2) is 18.0 Å². The second-order valence-electron chi connectivity index (χ2n) is 4.23. The fourth-order valence-corrected chi connectivity index (χ4v) is 2.86. The number of carbonyl (C=O) groups is 1. The van der Waals surface area contributed by atoms with Crippen molar-refractivity contribution in [2.45, 2.75) is 38.3 Å². The molecule has 88 valence electrons. The predicted octanol–water partition coefficient (Wildman–Crippen LogP) is 1.90. The van der Waals surface area contributed by atoms with E-state index in [-0.39, 0.29) is 11.4 Å². The highest BCUT2D eigenvalue weighted by Gasteiger charge is 2.38. The van der Waals surface area contributed by atoms with Gasteiger partial charge in [0, 0.05) is 4.88 Å². The summed E-state index contributed by atoms with van der Waals surface area (Å²) in [6.45, 7) is 3.68. The molecule has 1 atom stereocenters. The summed E-state index contributed by atoms with van der Waals surface area (Å²) in [4.78, 5) is 13.3. The van der Waals surface area contributed by atoms with Gasteiger partial charge in [-0.25, -0.2) is 0 Å². The van der Waals surface area contributed by atoms with Crippen molar-refractivity contribution in [1.82, 2.24) is 10.6 Å². The zero-order chi connectivity index (χ0) is 11.4.